The minimum atomic E-state index is -4.18. The van der Waals surface area contributed by atoms with Gasteiger partial charge in [0.1, 0.15) is 0 Å². The SMILES string of the molecule is C=C(C)C(=O)NCCC[N+](CCC)(CCC)C(C)CCS(=O)(=O)[O-]. The fourth-order valence-corrected chi connectivity index (χ4v) is 3.85. The lowest BCUT2D eigenvalue weighted by Gasteiger charge is -2.44. The Bertz CT molecular complexity index is 497. The van der Waals surface area contributed by atoms with Crippen LogP contribution < -0.4 is 5.32 Å². The topological polar surface area (TPSA) is 86.3 Å². The van der Waals surface area contributed by atoms with Crippen LogP contribution in [0.1, 0.15) is 53.4 Å². The summed E-state index contributed by atoms with van der Waals surface area (Å²) in [6.45, 7) is 14.9. The number of carbonyl (C=O) groups is 1. The Morgan fingerprint density at radius 2 is 1.75 bits per heavy atom. The van der Waals surface area contributed by atoms with Crippen molar-refractivity contribution in [2.75, 3.05) is 31.9 Å². The predicted molar refractivity (Wildman–Crippen MR) is 96.5 cm³/mol. The molecule has 24 heavy (non-hydrogen) atoms. The molecule has 6 nitrogen and oxygen atoms in total. The van der Waals surface area contributed by atoms with Crippen LogP contribution in [0.5, 0.6) is 0 Å². The molecule has 0 rings (SSSR count). The molecule has 142 valence electrons. The van der Waals surface area contributed by atoms with Crippen molar-refractivity contribution in [3.63, 3.8) is 0 Å². The van der Waals surface area contributed by atoms with Crippen LogP contribution in [-0.2, 0) is 14.9 Å². The van der Waals surface area contributed by atoms with Gasteiger partial charge in [-0.25, -0.2) is 8.42 Å². The number of rotatable bonds is 13. The summed E-state index contributed by atoms with van der Waals surface area (Å²) in [5.74, 6) is -0.446. The molecule has 0 heterocycles. The molecule has 0 saturated heterocycles. The first kappa shape index (κ1) is 23.1. The van der Waals surface area contributed by atoms with E-state index in [4.69, 9.17) is 0 Å². The number of hydrogen-bond acceptors (Lipinski definition) is 4. The monoisotopic (exact) mass is 362 g/mol. The maximum absolute atomic E-state index is 11.5. The number of nitrogens with one attached hydrogen (secondary N) is 1. The second-order valence-electron chi connectivity index (χ2n) is 6.68. The van der Waals surface area contributed by atoms with Crippen LogP contribution in [-0.4, -0.2) is 61.3 Å². The van der Waals surface area contributed by atoms with E-state index in [9.17, 15) is 17.8 Å². The summed E-state index contributed by atoms with van der Waals surface area (Å²) < 4.78 is 33.7. The fraction of sp³-hybridized carbons (Fsp3) is 0.824. The minimum Gasteiger partial charge on any atom is -0.748 e. The molecule has 0 aromatic heterocycles. The van der Waals surface area contributed by atoms with E-state index < -0.39 is 10.1 Å². The molecule has 0 aromatic carbocycles. The van der Waals surface area contributed by atoms with Crippen molar-refractivity contribution in [2.24, 2.45) is 0 Å². The average Bonchev–Trinajstić information content (AvgIpc) is 2.48. The van der Waals surface area contributed by atoms with Crippen molar-refractivity contribution >= 4 is 16.0 Å². The lowest BCUT2D eigenvalue weighted by Crippen LogP contribution is -2.56. The summed E-state index contributed by atoms with van der Waals surface area (Å²) in [6, 6.07) is 0.102. The zero-order chi connectivity index (χ0) is 18.8. The molecular weight excluding hydrogens is 328 g/mol. The molecular formula is C17H34N2O4S. The average molecular weight is 363 g/mol. The largest absolute Gasteiger partial charge is 0.748 e. The van der Waals surface area contributed by atoms with Gasteiger partial charge in [-0.1, -0.05) is 20.4 Å². The van der Waals surface area contributed by atoms with E-state index >= 15 is 0 Å². The van der Waals surface area contributed by atoms with E-state index in [0.717, 1.165) is 43.4 Å². The van der Waals surface area contributed by atoms with Crippen molar-refractivity contribution < 1.29 is 22.2 Å². The van der Waals surface area contributed by atoms with Gasteiger partial charge in [0.15, 0.2) is 0 Å². The normalized spacial score (nSPS) is 13.5. The van der Waals surface area contributed by atoms with Gasteiger partial charge in [-0.05, 0) is 26.7 Å². The Kier molecular flexibility index (Phi) is 10.4. The van der Waals surface area contributed by atoms with Crippen LogP contribution >= 0.6 is 0 Å². The molecule has 0 aromatic rings. The highest BCUT2D eigenvalue weighted by atomic mass is 32.2. The molecule has 0 saturated carbocycles. The van der Waals surface area contributed by atoms with Crippen molar-refractivity contribution in [3.05, 3.63) is 12.2 Å². The van der Waals surface area contributed by atoms with Gasteiger partial charge in [-0.2, -0.15) is 0 Å². The molecule has 1 atom stereocenters. The van der Waals surface area contributed by atoms with E-state index in [1.807, 2.05) is 6.92 Å². The molecule has 0 bridgehead atoms. The highest BCUT2D eigenvalue weighted by molar-refractivity contribution is 7.85. The summed E-state index contributed by atoms with van der Waals surface area (Å²) in [5.41, 5.74) is 0.492. The lowest BCUT2D eigenvalue weighted by atomic mass is 10.1. The fourth-order valence-electron chi connectivity index (χ4n) is 3.22. The highest BCUT2D eigenvalue weighted by Gasteiger charge is 2.32. The first-order valence-electron chi connectivity index (χ1n) is 8.81. The molecule has 7 heteroatoms. The van der Waals surface area contributed by atoms with Gasteiger partial charge in [0, 0.05) is 30.7 Å². The van der Waals surface area contributed by atoms with Gasteiger partial charge in [-0.15, -0.1) is 0 Å². The number of hydrogen-bond donors (Lipinski definition) is 1. The van der Waals surface area contributed by atoms with Gasteiger partial charge in [0.2, 0.25) is 5.91 Å². The molecule has 1 unspecified atom stereocenters. The Morgan fingerprint density at radius 3 is 2.17 bits per heavy atom. The first-order chi connectivity index (χ1) is 11.1. The molecule has 0 fully saturated rings. The van der Waals surface area contributed by atoms with Crippen LogP contribution in [0.2, 0.25) is 0 Å². The molecule has 0 radical (unpaired) electrons. The van der Waals surface area contributed by atoms with Crippen molar-refractivity contribution in [1.82, 2.24) is 5.32 Å². The zero-order valence-electron chi connectivity index (χ0n) is 15.6. The third-order valence-electron chi connectivity index (χ3n) is 4.51. The van der Waals surface area contributed by atoms with Gasteiger partial charge < -0.3 is 14.4 Å². The number of carbonyl (C=O) groups excluding carboxylic acids is 1. The number of quaternary nitrogens is 1. The minimum absolute atomic E-state index is 0.102. The molecule has 0 spiro atoms. The van der Waals surface area contributed by atoms with Gasteiger partial charge in [-0.3, -0.25) is 4.79 Å². The third-order valence-corrected chi connectivity index (χ3v) is 5.25. The van der Waals surface area contributed by atoms with E-state index in [0.29, 0.717) is 18.5 Å². The third kappa shape index (κ3) is 8.80. The zero-order valence-corrected chi connectivity index (χ0v) is 16.5. The molecule has 1 N–H and O–H groups in total. The smallest absolute Gasteiger partial charge is 0.246 e. The summed E-state index contributed by atoms with van der Waals surface area (Å²) in [7, 11) is -4.18. The van der Waals surface area contributed by atoms with E-state index in [-0.39, 0.29) is 17.7 Å². The summed E-state index contributed by atoms with van der Waals surface area (Å²) in [4.78, 5) is 11.5. The van der Waals surface area contributed by atoms with Crippen LogP contribution in [0.4, 0.5) is 0 Å². The lowest BCUT2D eigenvalue weighted by molar-refractivity contribution is -0.949. The van der Waals surface area contributed by atoms with Crippen LogP contribution in [0.15, 0.2) is 12.2 Å². The first-order valence-corrected chi connectivity index (χ1v) is 10.4. The van der Waals surface area contributed by atoms with Gasteiger partial charge in [0.25, 0.3) is 0 Å². The van der Waals surface area contributed by atoms with Crippen LogP contribution in [0, 0.1) is 0 Å². The number of nitrogens with zero attached hydrogens (tertiary/aromatic N) is 1. The van der Waals surface area contributed by atoms with E-state index in [2.05, 4.69) is 25.7 Å². The Balaban J connectivity index is 4.85. The Hall–Kier alpha value is -0.920. The van der Waals surface area contributed by atoms with Crippen LogP contribution in [0.3, 0.4) is 0 Å². The Labute approximate surface area is 147 Å². The van der Waals surface area contributed by atoms with Gasteiger partial charge >= 0.3 is 0 Å². The summed E-state index contributed by atoms with van der Waals surface area (Å²) in [6.07, 6.45) is 3.18. The second-order valence-corrected chi connectivity index (χ2v) is 8.20. The van der Waals surface area contributed by atoms with Crippen molar-refractivity contribution in [3.8, 4) is 0 Å². The standard InChI is InChI=1S/C17H34N2O4S/c1-6-11-19(12-7-2,16(5)9-14-24(21,22)23)13-8-10-18-17(20)15(3)4/h16H,3,6-14H2,1-2,4-5H3,(H-,18,20,21,22,23). The molecule has 0 aliphatic rings. The quantitative estimate of drug-likeness (QED) is 0.235. The van der Waals surface area contributed by atoms with Crippen molar-refractivity contribution in [1.29, 1.82) is 0 Å². The second kappa shape index (κ2) is 10.8. The van der Waals surface area contributed by atoms with E-state index in [1.165, 1.54) is 0 Å². The Morgan fingerprint density at radius 1 is 1.21 bits per heavy atom. The molecule has 0 aliphatic carbocycles. The van der Waals surface area contributed by atoms with Crippen LogP contribution in [0.25, 0.3) is 0 Å². The van der Waals surface area contributed by atoms with Crippen molar-refractivity contribution in [2.45, 2.75) is 59.4 Å². The molecule has 0 aliphatic heterocycles. The maximum Gasteiger partial charge on any atom is 0.246 e. The molecule has 1 amide bonds. The maximum atomic E-state index is 11.5. The highest BCUT2D eigenvalue weighted by Crippen LogP contribution is 2.20. The number of amides is 1. The summed E-state index contributed by atoms with van der Waals surface area (Å²) in [5, 5.41) is 2.84. The summed E-state index contributed by atoms with van der Waals surface area (Å²) >= 11 is 0. The van der Waals surface area contributed by atoms with E-state index in [1.54, 1.807) is 6.92 Å². The predicted octanol–water partition coefficient (Wildman–Crippen LogP) is 2.03. The van der Waals surface area contributed by atoms with Gasteiger partial charge in [0.05, 0.1) is 35.8 Å².